The quantitative estimate of drug-likeness (QED) is 0.343. The van der Waals surface area contributed by atoms with E-state index >= 15 is 0 Å². The number of aromatic amines is 1. The van der Waals surface area contributed by atoms with Gasteiger partial charge < -0.3 is 4.74 Å². The van der Waals surface area contributed by atoms with E-state index in [0.29, 0.717) is 44.3 Å². The molecular formula is C21H16N6O3S. The van der Waals surface area contributed by atoms with Gasteiger partial charge in [-0.15, -0.1) is 5.10 Å². The number of ether oxygens (including phenoxy) is 1. The van der Waals surface area contributed by atoms with Crippen molar-refractivity contribution in [1.29, 1.82) is 0 Å². The Kier molecular flexibility index (Phi) is 4.55. The van der Waals surface area contributed by atoms with Crippen LogP contribution in [0.5, 0.6) is 5.75 Å². The molecule has 0 bridgehead atoms. The van der Waals surface area contributed by atoms with E-state index in [1.54, 1.807) is 49.8 Å². The van der Waals surface area contributed by atoms with E-state index in [2.05, 4.69) is 20.2 Å². The van der Waals surface area contributed by atoms with Crippen molar-refractivity contribution in [3.8, 4) is 17.4 Å². The third kappa shape index (κ3) is 3.08. The number of methoxy groups -OCH3 is 1. The molecule has 0 aliphatic rings. The van der Waals surface area contributed by atoms with Gasteiger partial charge in [-0.05, 0) is 36.6 Å². The van der Waals surface area contributed by atoms with Crippen LogP contribution in [0.4, 0.5) is 0 Å². The highest BCUT2D eigenvalue weighted by Crippen LogP contribution is 2.22. The lowest BCUT2D eigenvalue weighted by atomic mass is 10.2. The molecule has 4 heterocycles. The molecule has 0 aliphatic carbocycles. The zero-order valence-electron chi connectivity index (χ0n) is 16.6. The summed E-state index contributed by atoms with van der Waals surface area (Å²) in [5, 5.41) is 7.97. The molecule has 1 N–H and O–H groups in total. The number of aromatic nitrogens is 6. The van der Waals surface area contributed by atoms with E-state index in [0.717, 1.165) is 0 Å². The minimum atomic E-state index is -0.345. The number of rotatable bonds is 4. The summed E-state index contributed by atoms with van der Waals surface area (Å²) in [6.07, 6.45) is 5.09. The lowest BCUT2D eigenvalue weighted by molar-refractivity contribution is 0.412. The molecule has 154 valence electrons. The monoisotopic (exact) mass is 432 g/mol. The second-order valence-electron chi connectivity index (χ2n) is 6.65. The number of hydrogen-bond acceptors (Lipinski definition) is 7. The van der Waals surface area contributed by atoms with Crippen molar-refractivity contribution in [2.24, 2.45) is 0 Å². The molecule has 10 heteroatoms. The maximum absolute atomic E-state index is 13.3. The molecule has 0 atom stereocenters. The van der Waals surface area contributed by atoms with E-state index in [1.807, 2.05) is 18.4 Å². The SMILES string of the molecule is COc1ccccc1-n1ccc2nc3ccn(-c4nc(SC)n[nH]4)c(=O)c3cc2c1=O. The first-order chi connectivity index (χ1) is 15.1. The number of pyridine rings is 3. The van der Waals surface area contributed by atoms with Crippen molar-refractivity contribution < 1.29 is 4.74 Å². The molecule has 5 rings (SSSR count). The van der Waals surface area contributed by atoms with Crippen LogP contribution >= 0.6 is 11.8 Å². The van der Waals surface area contributed by atoms with Crippen molar-refractivity contribution in [1.82, 2.24) is 29.3 Å². The average Bonchev–Trinajstić information content (AvgIpc) is 3.28. The number of fused-ring (bicyclic) bond motifs is 2. The van der Waals surface area contributed by atoms with Crippen LogP contribution in [0.15, 0.2) is 69.6 Å². The Hall–Kier alpha value is -3.92. The van der Waals surface area contributed by atoms with Crippen LogP contribution in [0, 0.1) is 0 Å². The van der Waals surface area contributed by atoms with Crippen molar-refractivity contribution >= 4 is 33.6 Å². The molecule has 0 spiro atoms. The summed E-state index contributed by atoms with van der Waals surface area (Å²) in [6.45, 7) is 0. The molecule has 4 aromatic heterocycles. The zero-order chi connectivity index (χ0) is 21.5. The van der Waals surface area contributed by atoms with E-state index in [9.17, 15) is 9.59 Å². The van der Waals surface area contributed by atoms with Crippen LogP contribution in [0.1, 0.15) is 0 Å². The van der Waals surface area contributed by atoms with Gasteiger partial charge in [0.2, 0.25) is 11.1 Å². The first-order valence-electron chi connectivity index (χ1n) is 9.28. The molecule has 0 amide bonds. The van der Waals surface area contributed by atoms with Gasteiger partial charge in [-0.3, -0.25) is 18.7 Å². The van der Waals surface area contributed by atoms with Gasteiger partial charge in [0.25, 0.3) is 11.1 Å². The molecule has 1 aromatic carbocycles. The zero-order valence-corrected chi connectivity index (χ0v) is 17.4. The number of benzene rings is 1. The van der Waals surface area contributed by atoms with Crippen molar-refractivity contribution in [3.05, 3.63) is 75.6 Å². The minimum absolute atomic E-state index is 0.296. The molecule has 0 radical (unpaired) electrons. The normalized spacial score (nSPS) is 11.3. The van der Waals surface area contributed by atoms with Gasteiger partial charge in [-0.2, -0.15) is 4.98 Å². The van der Waals surface area contributed by atoms with Gasteiger partial charge in [-0.1, -0.05) is 23.9 Å². The van der Waals surface area contributed by atoms with Crippen LogP contribution < -0.4 is 15.9 Å². The second-order valence-corrected chi connectivity index (χ2v) is 7.43. The molecular weight excluding hydrogens is 416 g/mol. The average molecular weight is 432 g/mol. The second kappa shape index (κ2) is 7.40. The fourth-order valence-corrected chi connectivity index (χ4v) is 3.76. The van der Waals surface area contributed by atoms with Crippen molar-refractivity contribution in [3.63, 3.8) is 0 Å². The Morgan fingerprint density at radius 3 is 2.29 bits per heavy atom. The van der Waals surface area contributed by atoms with E-state index < -0.39 is 0 Å². The van der Waals surface area contributed by atoms with Gasteiger partial charge in [0.05, 0.1) is 34.6 Å². The summed E-state index contributed by atoms with van der Waals surface area (Å²) >= 11 is 1.36. The fourth-order valence-electron chi connectivity index (χ4n) is 3.45. The summed E-state index contributed by atoms with van der Waals surface area (Å²) in [4.78, 5) is 35.2. The number of nitrogens with zero attached hydrogens (tertiary/aromatic N) is 5. The molecule has 0 aliphatic heterocycles. The molecule has 0 fully saturated rings. The number of thioether (sulfide) groups is 1. The Morgan fingerprint density at radius 1 is 0.935 bits per heavy atom. The Labute approximate surface area is 179 Å². The van der Waals surface area contributed by atoms with Crippen LogP contribution in [0.25, 0.3) is 33.4 Å². The van der Waals surface area contributed by atoms with E-state index in [4.69, 9.17) is 4.74 Å². The summed E-state index contributed by atoms with van der Waals surface area (Å²) in [7, 11) is 1.55. The van der Waals surface area contributed by atoms with Crippen LogP contribution in [-0.4, -0.2) is 42.7 Å². The van der Waals surface area contributed by atoms with Gasteiger partial charge in [0.1, 0.15) is 5.75 Å². The number of nitrogens with one attached hydrogen (secondary N) is 1. The van der Waals surface area contributed by atoms with E-state index in [-0.39, 0.29) is 11.1 Å². The predicted molar refractivity (Wildman–Crippen MR) is 119 cm³/mol. The highest BCUT2D eigenvalue weighted by atomic mass is 32.2. The largest absolute Gasteiger partial charge is 0.495 e. The summed E-state index contributed by atoms with van der Waals surface area (Å²) in [5.41, 5.74) is 0.963. The molecule has 9 nitrogen and oxygen atoms in total. The Bertz CT molecular complexity index is 1570. The smallest absolute Gasteiger partial charge is 0.266 e. The topological polar surface area (TPSA) is 108 Å². The van der Waals surface area contributed by atoms with Gasteiger partial charge in [0.15, 0.2) is 0 Å². The van der Waals surface area contributed by atoms with Crippen molar-refractivity contribution in [2.75, 3.05) is 13.4 Å². The number of H-pyrrole nitrogens is 1. The van der Waals surface area contributed by atoms with Gasteiger partial charge in [-0.25, -0.2) is 10.1 Å². The Balaban J connectivity index is 1.75. The third-order valence-corrected chi connectivity index (χ3v) is 5.50. The van der Waals surface area contributed by atoms with Crippen LogP contribution in [0.3, 0.4) is 0 Å². The number of para-hydroxylation sites is 2. The highest BCUT2D eigenvalue weighted by molar-refractivity contribution is 7.98. The fraction of sp³-hybridized carbons (Fsp3) is 0.0952. The first kappa shape index (κ1) is 19.1. The standard InChI is InChI=1S/C21H16N6O3S/c1-30-17-6-4-3-5-16(17)26-9-7-14-12(18(26)28)11-13-15(22-14)8-10-27(19(13)29)20-23-21(31-2)25-24-20/h3-11H,1-2H3,(H,23,24,25). The summed E-state index contributed by atoms with van der Waals surface area (Å²) in [5.74, 6) is 0.866. The van der Waals surface area contributed by atoms with Crippen LogP contribution in [-0.2, 0) is 0 Å². The maximum atomic E-state index is 13.3. The van der Waals surface area contributed by atoms with Gasteiger partial charge >= 0.3 is 0 Å². The number of hydrogen-bond donors (Lipinski definition) is 1. The lowest BCUT2D eigenvalue weighted by Crippen LogP contribution is -2.21. The predicted octanol–water partition coefficient (Wildman–Crippen LogP) is 2.54. The molecule has 0 unspecified atom stereocenters. The highest BCUT2D eigenvalue weighted by Gasteiger charge is 2.14. The Morgan fingerprint density at radius 2 is 1.61 bits per heavy atom. The molecule has 31 heavy (non-hydrogen) atoms. The maximum Gasteiger partial charge on any atom is 0.266 e. The third-order valence-electron chi connectivity index (χ3n) is 4.95. The first-order valence-corrected chi connectivity index (χ1v) is 10.5. The molecule has 0 saturated heterocycles. The van der Waals surface area contributed by atoms with E-state index in [1.165, 1.54) is 20.9 Å². The molecule has 5 aromatic rings. The molecule has 0 saturated carbocycles. The summed E-state index contributed by atoms with van der Waals surface area (Å²) in [6, 6.07) is 12.3. The van der Waals surface area contributed by atoms with Crippen LogP contribution in [0.2, 0.25) is 0 Å². The minimum Gasteiger partial charge on any atom is -0.495 e. The van der Waals surface area contributed by atoms with Gasteiger partial charge in [0, 0.05) is 12.4 Å². The lowest BCUT2D eigenvalue weighted by Gasteiger charge is -2.11. The van der Waals surface area contributed by atoms with Crippen molar-refractivity contribution in [2.45, 2.75) is 5.16 Å². The summed E-state index contributed by atoms with van der Waals surface area (Å²) < 4.78 is 8.22.